The minimum atomic E-state index is -0.514. The van der Waals surface area contributed by atoms with E-state index in [1.165, 1.54) is 24.3 Å². The van der Waals surface area contributed by atoms with Crippen LogP contribution in [0.3, 0.4) is 0 Å². The third-order valence-electron chi connectivity index (χ3n) is 4.43. The first-order valence-corrected chi connectivity index (χ1v) is 8.28. The first kappa shape index (κ1) is 16.5. The van der Waals surface area contributed by atoms with Crippen molar-refractivity contribution in [3.05, 3.63) is 58.5 Å². The van der Waals surface area contributed by atoms with Crippen LogP contribution in [0.4, 0.5) is 10.1 Å². The summed E-state index contributed by atoms with van der Waals surface area (Å²) in [4.78, 5) is 10.9. The number of benzene rings is 2. The minimum absolute atomic E-state index is 0.0573. The van der Waals surface area contributed by atoms with Crippen molar-refractivity contribution in [2.24, 2.45) is 0 Å². The maximum absolute atomic E-state index is 13.4. The van der Waals surface area contributed by atoms with Gasteiger partial charge < -0.3 is 9.47 Å². The minimum Gasteiger partial charge on any atom is -0.450 e. The lowest BCUT2D eigenvalue weighted by Crippen LogP contribution is -2.20. The van der Waals surface area contributed by atoms with E-state index in [-0.39, 0.29) is 23.2 Å². The molecule has 1 fully saturated rings. The van der Waals surface area contributed by atoms with Gasteiger partial charge in [-0.25, -0.2) is 4.39 Å². The van der Waals surface area contributed by atoms with E-state index in [9.17, 15) is 14.5 Å². The molecule has 4 rings (SSSR count). The van der Waals surface area contributed by atoms with Crippen molar-refractivity contribution in [2.75, 3.05) is 13.2 Å². The van der Waals surface area contributed by atoms with Crippen molar-refractivity contribution in [1.29, 1.82) is 0 Å². The van der Waals surface area contributed by atoms with Gasteiger partial charge in [0.15, 0.2) is 0 Å². The highest BCUT2D eigenvalue weighted by Crippen LogP contribution is 2.37. The Balaban J connectivity index is 1.78. The SMILES string of the molecule is O=[N+]([O-])c1cc2cnn(C3CCOCC3)c2cc1Oc1cccc(F)c1. The monoisotopic (exact) mass is 357 g/mol. The van der Waals surface area contributed by atoms with Gasteiger partial charge in [-0.1, -0.05) is 6.07 Å². The summed E-state index contributed by atoms with van der Waals surface area (Å²) in [5.74, 6) is -0.218. The molecular weight excluding hydrogens is 341 g/mol. The second kappa shape index (κ2) is 6.72. The predicted octanol–water partition coefficient (Wildman–Crippen LogP) is 4.23. The lowest BCUT2D eigenvalue weighted by Gasteiger charge is -2.23. The quantitative estimate of drug-likeness (QED) is 0.516. The van der Waals surface area contributed by atoms with E-state index in [0.29, 0.717) is 18.6 Å². The molecule has 1 aliphatic rings. The number of hydrogen-bond acceptors (Lipinski definition) is 5. The summed E-state index contributed by atoms with van der Waals surface area (Å²) in [6.45, 7) is 1.32. The summed E-state index contributed by atoms with van der Waals surface area (Å²) in [6.07, 6.45) is 3.27. The topological polar surface area (TPSA) is 79.4 Å². The molecule has 1 aromatic heterocycles. The summed E-state index contributed by atoms with van der Waals surface area (Å²) in [7, 11) is 0. The van der Waals surface area contributed by atoms with E-state index >= 15 is 0 Å². The Bertz CT molecular complexity index is 966. The molecule has 0 unspecified atom stereocenters. The molecule has 0 spiro atoms. The molecule has 1 saturated heterocycles. The predicted molar refractivity (Wildman–Crippen MR) is 92.0 cm³/mol. The first-order valence-electron chi connectivity index (χ1n) is 8.28. The van der Waals surface area contributed by atoms with E-state index in [0.717, 1.165) is 18.4 Å². The molecule has 7 nitrogen and oxygen atoms in total. The number of rotatable bonds is 4. The highest BCUT2D eigenvalue weighted by molar-refractivity contribution is 5.84. The Morgan fingerprint density at radius 2 is 2.08 bits per heavy atom. The molecule has 0 amide bonds. The van der Waals surface area contributed by atoms with Crippen LogP contribution in [0.15, 0.2) is 42.6 Å². The largest absolute Gasteiger partial charge is 0.450 e. The fraction of sp³-hybridized carbons (Fsp3) is 0.278. The molecule has 0 saturated carbocycles. The maximum Gasteiger partial charge on any atom is 0.312 e. The third-order valence-corrected chi connectivity index (χ3v) is 4.43. The van der Waals surface area contributed by atoms with Crippen LogP contribution in [0.25, 0.3) is 10.9 Å². The molecule has 0 aliphatic carbocycles. The fourth-order valence-electron chi connectivity index (χ4n) is 3.16. The summed E-state index contributed by atoms with van der Waals surface area (Å²) >= 11 is 0. The summed E-state index contributed by atoms with van der Waals surface area (Å²) in [5, 5.41) is 16.5. The number of aromatic nitrogens is 2. The first-order chi connectivity index (χ1) is 12.6. The zero-order valence-corrected chi connectivity index (χ0v) is 13.8. The van der Waals surface area contributed by atoms with E-state index in [1.54, 1.807) is 18.3 Å². The van der Waals surface area contributed by atoms with Crippen LogP contribution in [-0.4, -0.2) is 27.9 Å². The van der Waals surface area contributed by atoms with Crippen LogP contribution in [0, 0.1) is 15.9 Å². The Morgan fingerprint density at radius 3 is 2.81 bits per heavy atom. The Morgan fingerprint density at radius 1 is 1.27 bits per heavy atom. The summed E-state index contributed by atoms with van der Waals surface area (Å²) < 4.78 is 26.3. The van der Waals surface area contributed by atoms with Gasteiger partial charge in [0.2, 0.25) is 5.75 Å². The van der Waals surface area contributed by atoms with Gasteiger partial charge in [-0.3, -0.25) is 14.8 Å². The van der Waals surface area contributed by atoms with Gasteiger partial charge in [0.25, 0.3) is 0 Å². The highest BCUT2D eigenvalue weighted by atomic mass is 19.1. The van der Waals surface area contributed by atoms with Crippen molar-refractivity contribution >= 4 is 16.6 Å². The van der Waals surface area contributed by atoms with Crippen molar-refractivity contribution < 1.29 is 18.8 Å². The normalized spacial score (nSPS) is 15.3. The number of nitro groups is 1. The molecular formula is C18H16FN3O4. The van der Waals surface area contributed by atoms with Gasteiger partial charge in [0, 0.05) is 36.8 Å². The van der Waals surface area contributed by atoms with Crippen LogP contribution in [0.1, 0.15) is 18.9 Å². The molecule has 1 aliphatic heterocycles. The fourth-order valence-corrected chi connectivity index (χ4v) is 3.16. The average Bonchev–Trinajstić information content (AvgIpc) is 3.04. The molecule has 26 heavy (non-hydrogen) atoms. The highest BCUT2D eigenvalue weighted by Gasteiger charge is 2.23. The van der Waals surface area contributed by atoms with E-state index in [2.05, 4.69) is 5.10 Å². The molecule has 134 valence electrons. The number of hydrogen-bond donors (Lipinski definition) is 0. The molecule has 0 radical (unpaired) electrons. The maximum atomic E-state index is 13.4. The third kappa shape index (κ3) is 3.11. The molecule has 0 atom stereocenters. The zero-order valence-electron chi connectivity index (χ0n) is 13.8. The van der Waals surface area contributed by atoms with Gasteiger partial charge in [-0.05, 0) is 25.0 Å². The van der Waals surface area contributed by atoms with Crippen molar-refractivity contribution in [3.8, 4) is 11.5 Å². The number of fused-ring (bicyclic) bond motifs is 1. The van der Waals surface area contributed by atoms with Crippen molar-refractivity contribution in [2.45, 2.75) is 18.9 Å². The van der Waals surface area contributed by atoms with Crippen molar-refractivity contribution in [1.82, 2.24) is 9.78 Å². The van der Waals surface area contributed by atoms with Crippen LogP contribution < -0.4 is 4.74 Å². The van der Waals surface area contributed by atoms with Gasteiger partial charge in [0.05, 0.1) is 22.7 Å². The summed E-state index contributed by atoms with van der Waals surface area (Å²) in [6, 6.07) is 8.71. The second-order valence-corrected chi connectivity index (χ2v) is 6.13. The standard InChI is InChI=1S/C18H16FN3O4/c19-13-2-1-3-15(9-13)26-18-10-16-12(8-17(18)22(23)24)11-20-21(16)14-4-6-25-7-5-14/h1-3,8-11,14H,4-7H2. The van der Waals surface area contributed by atoms with Crippen LogP contribution in [0.5, 0.6) is 11.5 Å². The molecule has 2 aromatic carbocycles. The lowest BCUT2D eigenvalue weighted by molar-refractivity contribution is -0.385. The number of nitrogens with zero attached hydrogens (tertiary/aromatic N) is 3. The molecule has 0 bridgehead atoms. The molecule has 8 heteroatoms. The lowest BCUT2D eigenvalue weighted by atomic mass is 10.1. The van der Waals surface area contributed by atoms with E-state index in [4.69, 9.17) is 9.47 Å². The number of ether oxygens (including phenoxy) is 2. The molecule has 3 aromatic rings. The Labute approximate surface area is 148 Å². The Kier molecular flexibility index (Phi) is 4.26. The van der Waals surface area contributed by atoms with Crippen LogP contribution >= 0.6 is 0 Å². The number of halogens is 1. The van der Waals surface area contributed by atoms with Crippen molar-refractivity contribution in [3.63, 3.8) is 0 Å². The average molecular weight is 357 g/mol. The van der Waals surface area contributed by atoms with Gasteiger partial charge >= 0.3 is 5.69 Å². The Hall–Kier alpha value is -3.00. The van der Waals surface area contributed by atoms with Gasteiger partial charge in [-0.2, -0.15) is 5.10 Å². The number of nitro benzene ring substituents is 1. The zero-order chi connectivity index (χ0) is 18.1. The second-order valence-electron chi connectivity index (χ2n) is 6.13. The summed E-state index contributed by atoms with van der Waals surface area (Å²) in [5.41, 5.74) is 0.558. The van der Waals surface area contributed by atoms with Crippen LogP contribution in [0.2, 0.25) is 0 Å². The van der Waals surface area contributed by atoms with Crippen LogP contribution in [-0.2, 0) is 4.74 Å². The smallest absolute Gasteiger partial charge is 0.312 e. The molecule has 0 N–H and O–H groups in total. The van der Waals surface area contributed by atoms with Gasteiger partial charge in [0.1, 0.15) is 11.6 Å². The molecule has 2 heterocycles. The van der Waals surface area contributed by atoms with E-state index in [1.807, 2.05) is 4.68 Å². The van der Waals surface area contributed by atoms with E-state index < -0.39 is 10.7 Å². The van der Waals surface area contributed by atoms with Gasteiger partial charge in [-0.15, -0.1) is 0 Å².